The Balaban J connectivity index is 3.98. The first-order chi connectivity index (χ1) is 8.02. The second-order valence-electron chi connectivity index (χ2n) is 4.28. The van der Waals surface area contributed by atoms with Crippen molar-refractivity contribution in [3.8, 4) is 0 Å². The number of urea groups is 1. The van der Waals surface area contributed by atoms with Crippen molar-refractivity contribution in [2.24, 2.45) is 5.92 Å². The summed E-state index contributed by atoms with van der Waals surface area (Å²) >= 11 is 0. The number of hydrogen-bond donors (Lipinski definition) is 2. The summed E-state index contributed by atoms with van der Waals surface area (Å²) in [5.74, 6) is -1.33. The van der Waals surface area contributed by atoms with Gasteiger partial charge in [0, 0.05) is 20.1 Å². The lowest BCUT2D eigenvalue weighted by atomic mass is 10.0. The summed E-state index contributed by atoms with van der Waals surface area (Å²) in [5, 5.41) is 11.6. The number of aliphatic carboxylic acids is 1. The molecule has 0 aliphatic heterocycles. The molecule has 1 unspecified atom stereocenters. The molecule has 0 radical (unpaired) electrons. The van der Waals surface area contributed by atoms with Crippen molar-refractivity contribution in [1.29, 1.82) is 0 Å². The molecule has 17 heavy (non-hydrogen) atoms. The highest BCUT2D eigenvalue weighted by atomic mass is 16.4. The summed E-state index contributed by atoms with van der Waals surface area (Å²) in [6.45, 7) is 4.91. The molecule has 0 fully saturated rings. The van der Waals surface area contributed by atoms with Crippen LogP contribution in [0.2, 0.25) is 0 Å². The largest absolute Gasteiger partial charge is 0.481 e. The molecule has 100 valence electrons. The van der Waals surface area contributed by atoms with Crippen LogP contribution in [0.3, 0.4) is 0 Å². The molecule has 0 aliphatic rings. The Kier molecular flexibility index (Phi) is 8.19. The Morgan fingerprint density at radius 2 is 1.94 bits per heavy atom. The highest BCUT2D eigenvalue weighted by Crippen LogP contribution is 2.05. The van der Waals surface area contributed by atoms with Gasteiger partial charge in [-0.15, -0.1) is 0 Å². The molecule has 0 bridgehead atoms. The van der Waals surface area contributed by atoms with Gasteiger partial charge in [-0.2, -0.15) is 0 Å². The van der Waals surface area contributed by atoms with Crippen molar-refractivity contribution < 1.29 is 14.7 Å². The van der Waals surface area contributed by atoms with Crippen LogP contribution < -0.4 is 5.32 Å². The quantitative estimate of drug-likeness (QED) is 0.685. The second-order valence-corrected chi connectivity index (χ2v) is 4.28. The molecule has 0 saturated heterocycles. The Hall–Kier alpha value is -1.26. The third kappa shape index (κ3) is 6.81. The minimum absolute atomic E-state index is 0.194. The Morgan fingerprint density at radius 1 is 1.29 bits per heavy atom. The predicted molar refractivity (Wildman–Crippen MR) is 67.0 cm³/mol. The Bertz CT molecular complexity index is 244. The number of carbonyl (C=O) groups is 2. The number of unbranched alkanes of at least 4 members (excludes halogenated alkanes) is 1. The highest BCUT2D eigenvalue weighted by molar-refractivity contribution is 5.75. The van der Waals surface area contributed by atoms with E-state index in [1.54, 1.807) is 11.9 Å². The number of nitrogens with zero attached hydrogens (tertiary/aromatic N) is 1. The number of hydrogen-bond acceptors (Lipinski definition) is 2. The molecule has 0 aromatic rings. The van der Waals surface area contributed by atoms with Crippen LogP contribution in [0.4, 0.5) is 4.79 Å². The first-order valence-corrected chi connectivity index (χ1v) is 6.24. The van der Waals surface area contributed by atoms with E-state index in [4.69, 9.17) is 5.11 Å². The molecule has 0 aromatic carbocycles. The van der Waals surface area contributed by atoms with Gasteiger partial charge in [-0.1, -0.05) is 26.7 Å². The third-order valence-electron chi connectivity index (χ3n) is 2.68. The first-order valence-electron chi connectivity index (χ1n) is 6.24. The van der Waals surface area contributed by atoms with Crippen LogP contribution in [0.25, 0.3) is 0 Å². The molecular formula is C12H24N2O3. The fraction of sp³-hybridized carbons (Fsp3) is 0.833. The minimum atomic E-state index is -0.844. The van der Waals surface area contributed by atoms with Gasteiger partial charge >= 0.3 is 12.0 Å². The molecule has 2 amide bonds. The predicted octanol–water partition coefficient (Wildman–Crippen LogP) is 1.93. The van der Waals surface area contributed by atoms with Crippen molar-refractivity contribution in [1.82, 2.24) is 10.2 Å². The molecule has 0 rings (SSSR count). The number of amides is 2. The lowest BCUT2D eigenvalue weighted by Crippen LogP contribution is -2.41. The van der Waals surface area contributed by atoms with Gasteiger partial charge in [-0.05, 0) is 12.8 Å². The summed E-state index contributed by atoms with van der Waals surface area (Å²) in [6.07, 6.45) is 3.39. The molecule has 0 aliphatic carbocycles. The van der Waals surface area contributed by atoms with Gasteiger partial charge in [0.15, 0.2) is 0 Å². The number of nitrogens with one attached hydrogen (secondary N) is 1. The average molecular weight is 244 g/mol. The van der Waals surface area contributed by atoms with E-state index in [1.807, 2.05) is 6.92 Å². The van der Waals surface area contributed by atoms with Gasteiger partial charge in [0.25, 0.3) is 0 Å². The maximum absolute atomic E-state index is 11.6. The highest BCUT2D eigenvalue weighted by Gasteiger charge is 2.18. The van der Waals surface area contributed by atoms with Gasteiger partial charge in [0.1, 0.15) is 0 Å². The number of carboxylic acid groups (broad SMARTS) is 1. The first kappa shape index (κ1) is 15.7. The second kappa shape index (κ2) is 8.84. The topological polar surface area (TPSA) is 69.6 Å². The van der Waals surface area contributed by atoms with Gasteiger partial charge in [0.05, 0.1) is 5.92 Å². The van der Waals surface area contributed by atoms with Crippen molar-refractivity contribution in [3.05, 3.63) is 0 Å². The van der Waals surface area contributed by atoms with Crippen LogP contribution >= 0.6 is 0 Å². The van der Waals surface area contributed by atoms with Crippen molar-refractivity contribution in [2.75, 3.05) is 20.1 Å². The molecule has 0 spiro atoms. The van der Waals surface area contributed by atoms with Gasteiger partial charge in [0.2, 0.25) is 0 Å². The number of rotatable bonds is 8. The van der Waals surface area contributed by atoms with Crippen LogP contribution in [0.5, 0.6) is 0 Å². The molecule has 2 N–H and O–H groups in total. The van der Waals surface area contributed by atoms with Crippen LogP contribution in [0.15, 0.2) is 0 Å². The average Bonchev–Trinajstić information content (AvgIpc) is 2.30. The smallest absolute Gasteiger partial charge is 0.317 e. The summed E-state index contributed by atoms with van der Waals surface area (Å²) < 4.78 is 0. The zero-order valence-electron chi connectivity index (χ0n) is 11.0. The SMILES string of the molecule is CCCCN(C)C(=O)NCC(CCC)C(=O)O. The number of carboxylic acids is 1. The van der Waals surface area contributed by atoms with Crippen molar-refractivity contribution in [3.63, 3.8) is 0 Å². The Morgan fingerprint density at radius 3 is 2.41 bits per heavy atom. The van der Waals surface area contributed by atoms with E-state index < -0.39 is 11.9 Å². The van der Waals surface area contributed by atoms with Crippen molar-refractivity contribution in [2.45, 2.75) is 39.5 Å². The summed E-state index contributed by atoms with van der Waals surface area (Å²) in [7, 11) is 1.72. The van der Waals surface area contributed by atoms with E-state index in [-0.39, 0.29) is 12.6 Å². The fourth-order valence-electron chi connectivity index (χ4n) is 1.50. The third-order valence-corrected chi connectivity index (χ3v) is 2.68. The Labute approximate surface area is 103 Å². The van der Waals surface area contributed by atoms with E-state index in [2.05, 4.69) is 12.2 Å². The maximum atomic E-state index is 11.6. The van der Waals surface area contributed by atoms with E-state index in [1.165, 1.54) is 0 Å². The molecule has 5 nitrogen and oxygen atoms in total. The van der Waals surface area contributed by atoms with Crippen molar-refractivity contribution >= 4 is 12.0 Å². The van der Waals surface area contributed by atoms with Crippen LogP contribution in [-0.4, -0.2) is 42.1 Å². The van der Waals surface area contributed by atoms with E-state index in [0.29, 0.717) is 13.0 Å². The molecular weight excluding hydrogens is 220 g/mol. The molecule has 0 saturated carbocycles. The summed E-state index contributed by atoms with van der Waals surface area (Å²) in [4.78, 5) is 24.1. The van der Waals surface area contributed by atoms with E-state index in [9.17, 15) is 9.59 Å². The van der Waals surface area contributed by atoms with E-state index in [0.717, 1.165) is 19.3 Å². The summed E-state index contributed by atoms with van der Waals surface area (Å²) in [5.41, 5.74) is 0. The standard InChI is InChI=1S/C12H24N2O3/c1-4-6-8-14(3)12(17)13-9-10(7-5-2)11(15)16/h10H,4-9H2,1-3H3,(H,13,17)(H,15,16). The zero-order valence-corrected chi connectivity index (χ0v) is 11.0. The molecule has 0 aromatic heterocycles. The molecule has 1 atom stereocenters. The van der Waals surface area contributed by atoms with Crippen LogP contribution in [-0.2, 0) is 4.79 Å². The van der Waals surface area contributed by atoms with Gasteiger partial charge in [-0.25, -0.2) is 4.79 Å². The maximum Gasteiger partial charge on any atom is 0.317 e. The lowest BCUT2D eigenvalue weighted by Gasteiger charge is -2.19. The normalized spacial score (nSPS) is 11.9. The fourth-order valence-corrected chi connectivity index (χ4v) is 1.50. The monoisotopic (exact) mass is 244 g/mol. The molecule has 0 heterocycles. The zero-order chi connectivity index (χ0) is 13.3. The van der Waals surface area contributed by atoms with E-state index >= 15 is 0 Å². The van der Waals surface area contributed by atoms with Crippen LogP contribution in [0, 0.1) is 5.92 Å². The minimum Gasteiger partial charge on any atom is -0.481 e. The van der Waals surface area contributed by atoms with Crippen LogP contribution in [0.1, 0.15) is 39.5 Å². The van der Waals surface area contributed by atoms with Gasteiger partial charge in [-0.3, -0.25) is 4.79 Å². The number of carbonyl (C=O) groups excluding carboxylic acids is 1. The molecule has 5 heteroatoms. The van der Waals surface area contributed by atoms with Gasteiger partial charge < -0.3 is 15.3 Å². The summed E-state index contributed by atoms with van der Waals surface area (Å²) in [6, 6.07) is -0.194. The lowest BCUT2D eigenvalue weighted by molar-refractivity contribution is -0.141.